The smallest absolute Gasteiger partial charge is 0.321 e. The number of nitrogens with zero attached hydrogens (tertiary/aromatic N) is 2. The molecule has 2 amide bonds. The maximum absolute atomic E-state index is 12.2. The van der Waals surface area contributed by atoms with E-state index >= 15 is 0 Å². The lowest BCUT2D eigenvalue weighted by atomic mass is 10.0. The van der Waals surface area contributed by atoms with Crippen molar-refractivity contribution in [3.63, 3.8) is 0 Å². The highest BCUT2D eigenvalue weighted by Crippen LogP contribution is 2.20. The monoisotopic (exact) mass is 279 g/mol. The van der Waals surface area contributed by atoms with Gasteiger partial charge in [0.25, 0.3) is 0 Å². The van der Waals surface area contributed by atoms with Crippen LogP contribution in [0.4, 0.5) is 10.5 Å². The molecule has 0 aliphatic carbocycles. The molecule has 0 spiro atoms. The number of hydrogen-bond donors (Lipinski definition) is 2. The number of aliphatic carboxylic acids is 1. The Morgan fingerprint density at radius 1 is 1.50 bits per heavy atom. The van der Waals surface area contributed by atoms with Gasteiger partial charge in [0.2, 0.25) is 0 Å². The quantitative estimate of drug-likeness (QED) is 0.859. The van der Waals surface area contributed by atoms with Gasteiger partial charge in [0, 0.05) is 13.2 Å². The molecule has 2 rings (SSSR count). The van der Waals surface area contributed by atoms with Crippen molar-refractivity contribution in [2.24, 2.45) is 5.92 Å². The lowest BCUT2D eigenvalue weighted by molar-refractivity contribution is -0.142. The molecular weight excluding hydrogens is 262 g/mol. The Hall–Kier alpha value is -2.15. The lowest BCUT2D eigenvalue weighted by Crippen LogP contribution is -2.46. The normalized spacial score (nSPS) is 21.5. The number of carbonyl (C=O) groups excluding carboxylic acids is 1. The zero-order valence-electron chi connectivity index (χ0n) is 11.4. The van der Waals surface area contributed by atoms with E-state index in [0.29, 0.717) is 11.4 Å². The van der Waals surface area contributed by atoms with E-state index < -0.39 is 17.9 Å². The van der Waals surface area contributed by atoms with Gasteiger partial charge >= 0.3 is 12.0 Å². The maximum Gasteiger partial charge on any atom is 0.321 e. The van der Waals surface area contributed by atoms with E-state index in [4.69, 9.17) is 9.84 Å². The SMILES string of the molecule is Cc1ncccc1NC(=O)N(C)C1COCC1C(=O)O. The van der Waals surface area contributed by atoms with Crippen LogP contribution in [0, 0.1) is 12.8 Å². The summed E-state index contributed by atoms with van der Waals surface area (Å²) in [6.45, 7) is 2.14. The van der Waals surface area contributed by atoms with Gasteiger partial charge in [-0.1, -0.05) is 0 Å². The largest absolute Gasteiger partial charge is 0.481 e. The number of pyridine rings is 1. The summed E-state index contributed by atoms with van der Waals surface area (Å²) in [4.78, 5) is 28.7. The van der Waals surface area contributed by atoms with E-state index in [1.54, 1.807) is 32.3 Å². The number of carboxylic acids is 1. The van der Waals surface area contributed by atoms with E-state index in [-0.39, 0.29) is 19.2 Å². The average Bonchev–Trinajstić information content (AvgIpc) is 2.89. The van der Waals surface area contributed by atoms with Gasteiger partial charge in [-0.3, -0.25) is 9.78 Å². The minimum atomic E-state index is -0.954. The molecule has 2 N–H and O–H groups in total. The van der Waals surface area contributed by atoms with Crippen LogP contribution in [0.25, 0.3) is 0 Å². The van der Waals surface area contributed by atoms with E-state index in [1.807, 2.05) is 0 Å². The Morgan fingerprint density at radius 2 is 2.25 bits per heavy atom. The standard InChI is InChI=1S/C13H17N3O4/c1-8-10(4-3-5-14-8)15-13(19)16(2)11-7-20-6-9(11)12(17)18/h3-5,9,11H,6-7H2,1-2H3,(H,15,19)(H,17,18). The Balaban J connectivity index is 2.05. The highest BCUT2D eigenvalue weighted by Gasteiger charge is 2.38. The van der Waals surface area contributed by atoms with E-state index in [0.717, 1.165) is 0 Å². The lowest BCUT2D eigenvalue weighted by Gasteiger charge is -2.26. The van der Waals surface area contributed by atoms with Crippen molar-refractivity contribution in [2.75, 3.05) is 25.6 Å². The van der Waals surface area contributed by atoms with Gasteiger partial charge in [0.05, 0.1) is 30.6 Å². The Kier molecular flexibility index (Phi) is 4.19. The second kappa shape index (κ2) is 5.87. The van der Waals surface area contributed by atoms with Crippen LogP contribution < -0.4 is 5.32 Å². The van der Waals surface area contributed by atoms with Crippen molar-refractivity contribution < 1.29 is 19.4 Å². The molecule has 0 saturated carbocycles. The molecule has 2 unspecified atom stereocenters. The van der Waals surface area contributed by atoms with E-state index in [9.17, 15) is 9.59 Å². The second-order valence-electron chi connectivity index (χ2n) is 4.73. The van der Waals surface area contributed by atoms with Gasteiger partial charge in [-0.05, 0) is 19.1 Å². The first-order valence-corrected chi connectivity index (χ1v) is 6.26. The third-order valence-electron chi connectivity index (χ3n) is 3.43. The number of anilines is 1. The van der Waals surface area contributed by atoms with E-state index in [2.05, 4.69) is 10.3 Å². The number of carboxylic acid groups (broad SMARTS) is 1. The van der Waals surface area contributed by atoms with Crippen LogP contribution in [-0.2, 0) is 9.53 Å². The first kappa shape index (κ1) is 14.3. The fourth-order valence-corrected chi connectivity index (χ4v) is 2.13. The average molecular weight is 279 g/mol. The number of likely N-dealkylation sites (N-methyl/N-ethyl adjacent to an activating group) is 1. The van der Waals surface area contributed by atoms with Crippen molar-refractivity contribution >= 4 is 17.7 Å². The fourth-order valence-electron chi connectivity index (χ4n) is 2.13. The zero-order valence-corrected chi connectivity index (χ0v) is 11.4. The molecule has 1 saturated heterocycles. The summed E-state index contributed by atoms with van der Waals surface area (Å²) in [7, 11) is 1.57. The van der Waals surface area contributed by atoms with Crippen molar-refractivity contribution in [2.45, 2.75) is 13.0 Å². The number of amides is 2. The van der Waals surface area contributed by atoms with Gasteiger partial charge in [-0.2, -0.15) is 0 Å². The second-order valence-corrected chi connectivity index (χ2v) is 4.73. The molecule has 1 aromatic heterocycles. The molecule has 7 nitrogen and oxygen atoms in total. The maximum atomic E-state index is 12.2. The van der Waals surface area contributed by atoms with Crippen molar-refractivity contribution in [3.05, 3.63) is 24.0 Å². The number of rotatable bonds is 3. The molecule has 0 bridgehead atoms. The molecular formula is C13H17N3O4. The van der Waals surface area contributed by atoms with Crippen LogP contribution in [0.2, 0.25) is 0 Å². The first-order chi connectivity index (χ1) is 9.50. The summed E-state index contributed by atoms with van der Waals surface area (Å²) in [5.74, 6) is -1.65. The molecule has 2 atom stereocenters. The summed E-state index contributed by atoms with van der Waals surface area (Å²) in [5.41, 5.74) is 1.31. The molecule has 0 aromatic carbocycles. The van der Waals surface area contributed by atoms with Crippen LogP contribution in [0.5, 0.6) is 0 Å². The van der Waals surface area contributed by atoms with Crippen LogP contribution in [0.15, 0.2) is 18.3 Å². The van der Waals surface area contributed by atoms with Crippen LogP contribution in [-0.4, -0.2) is 53.3 Å². The number of hydrogen-bond acceptors (Lipinski definition) is 4. The number of aromatic nitrogens is 1. The fraction of sp³-hybridized carbons (Fsp3) is 0.462. The van der Waals surface area contributed by atoms with E-state index in [1.165, 1.54) is 4.90 Å². The topological polar surface area (TPSA) is 91.8 Å². The van der Waals surface area contributed by atoms with Crippen LogP contribution in [0.3, 0.4) is 0 Å². The Morgan fingerprint density at radius 3 is 2.90 bits per heavy atom. The Bertz CT molecular complexity index is 520. The molecule has 1 aliphatic rings. The van der Waals surface area contributed by atoms with Gasteiger partial charge in [-0.15, -0.1) is 0 Å². The summed E-state index contributed by atoms with van der Waals surface area (Å²) >= 11 is 0. The molecule has 1 aromatic rings. The highest BCUT2D eigenvalue weighted by molar-refractivity contribution is 5.90. The number of nitrogens with one attached hydrogen (secondary N) is 1. The summed E-state index contributed by atoms with van der Waals surface area (Å²) in [6, 6.07) is 2.63. The van der Waals surface area contributed by atoms with Gasteiger partial charge < -0.3 is 20.1 Å². The first-order valence-electron chi connectivity index (χ1n) is 6.26. The van der Waals surface area contributed by atoms with Gasteiger partial charge in [0.1, 0.15) is 5.92 Å². The molecule has 0 radical (unpaired) electrons. The Labute approximate surface area is 116 Å². The van der Waals surface area contributed by atoms with Crippen molar-refractivity contribution in [3.8, 4) is 0 Å². The summed E-state index contributed by atoms with van der Waals surface area (Å²) in [6.07, 6.45) is 1.64. The van der Waals surface area contributed by atoms with Gasteiger partial charge in [0.15, 0.2) is 0 Å². The predicted octanol–water partition coefficient (Wildman–Crippen LogP) is 0.953. The number of urea groups is 1. The van der Waals surface area contributed by atoms with Crippen LogP contribution in [0.1, 0.15) is 5.69 Å². The van der Waals surface area contributed by atoms with Crippen molar-refractivity contribution in [1.82, 2.24) is 9.88 Å². The zero-order chi connectivity index (χ0) is 14.7. The molecule has 108 valence electrons. The number of carbonyl (C=O) groups is 2. The molecule has 2 heterocycles. The van der Waals surface area contributed by atoms with Crippen LogP contribution >= 0.6 is 0 Å². The third-order valence-corrected chi connectivity index (χ3v) is 3.43. The summed E-state index contributed by atoms with van der Waals surface area (Å²) < 4.78 is 5.16. The molecule has 1 aliphatic heterocycles. The number of ether oxygens (including phenoxy) is 1. The molecule has 20 heavy (non-hydrogen) atoms. The predicted molar refractivity (Wildman–Crippen MR) is 71.5 cm³/mol. The minimum Gasteiger partial charge on any atom is -0.481 e. The minimum absolute atomic E-state index is 0.129. The van der Waals surface area contributed by atoms with Crippen molar-refractivity contribution in [1.29, 1.82) is 0 Å². The molecule has 7 heteroatoms. The highest BCUT2D eigenvalue weighted by atomic mass is 16.5. The van der Waals surface area contributed by atoms with Gasteiger partial charge in [-0.25, -0.2) is 4.79 Å². The third kappa shape index (κ3) is 2.88. The molecule has 1 fully saturated rings. The number of aryl methyl sites for hydroxylation is 1. The summed E-state index contributed by atoms with van der Waals surface area (Å²) in [5, 5.41) is 11.8.